The van der Waals surface area contributed by atoms with Crippen LogP contribution >= 0.6 is 34.8 Å². The average molecular weight is 611 g/mol. The maximum atomic E-state index is 14.0. The van der Waals surface area contributed by atoms with Crippen molar-refractivity contribution < 1.29 is 18.0 Å². The smallest absolute Gasteiger partial charge is 0.264 e. The van der Waals surface area contributed by atoms with Crippen molar-refractivity contribution in [1.82, 2.24) is 10.2 Å². The highest BCUT2D eigenvalue weighted by Gasteiger charge is 2.34. The zero-order chi connectivity index (χ0) is 28.7. The normalized spacial score (nSPS) is 12.1. The van der Waals surface area contributed by atoms with Gasteiger partial charge in [-0.2, -0.15) is 0 Å². The molecule has 0 spiro atoms. The van der Waals surface area contributed by atoms with Crippen LogP contribution in [0.25, 0.3) is 0 Å². The molecule has 0 aromatic heterocycles. The number of sulfonamides is 1. The van der Waals surface area contributed by atoms with Crippen LogP contribution < -0.4 is 9.62 Å². The number of likely N-dealkylation sites (N-methyl/N-ethyl adjacent to an activating group) is 1. The molecule has 7 nitrogen and oxygen atoms in total. The standard InChI is InChI=1S/C28H30Cl3N3O4S/c1-4-25(28(36)32-5-2)33(17-20-14-15-21(29)16-24(20)31)27(35)18-34(26-13-9-12-23(30)19(26)3)39(37,38)22-10-7-6-8-11-22/h6-16,25H,4-5,17-18H2,1-3H3,(H,32,36)/t25-/m0/s1. The topological polar surface area (TPSA) is 86.8 Å². The summed E-state index contributed by atoms with van der Waals surface area (Å²) in [6.45, 7) is 5.02. The fraction of sp³-hybridized carbons (Fsp3) is 0.286. The summed E-state index contributed by atoms with van der Waals surface area (Å²) in [5.41, 5.74) is 1.32. The van der Waals surface area contributed by atoms with Gasteiger partial charge in [0, 0.05) is 28.2 Å². The van der Waals surface area contributed by atoms with Crippen molar-refractivity contribution in [1.29, 1.82) is 0 Å². The number of rotatable bonds is 11. The molecule has 1 N–H and O–H groups in total. The minimum Gasteiger partial charge on any atom is -0.355 e. The molecule has 39 heavy (non-hydrogen) atoms. The molecule has 0 bridgehead atoms. The van der Waals surface area contributed by atoms with Crippen molar-refractivity contribution in [2.45, 2.75) is 44.7 Å². The summed E-state index contributed by atoms with van der Waals surface area (Å²) in [7, 11) is -4.19. The molecule has 3 aromatic rings. The van der Waals surface area contributed by atoms with E-state index in [0.717, 1.165) is 4.31 Å². The van der Waals surface area contributed by atoms with Crippen LogP contribution in [0.5, 0.6) is 0 Å². The number of benzene rings is 3. The fourth-order valence-corrected chi connectivity index (χ4v) is 6.27. The van der Waals surface area contributed by atoms with Crippen LogP contribution in [0.4, 0.5) is 5.69 Å². The van der Waals surface area contributed by atoms with Gasteiger partial charge in [-0.3, -0.25) is 13.9 Å². The quantitative estimate of drug-likeness (QED) is 0.285. The maximum absolute atomic E-state index is 14.0. The first kappa shape index (κ1) is 30.8. The van der Waals surface area contributed by atoms with Crippen molar-refractivity contribution >= 4 is 62.3 Å². The molecule has 3 aromatic carbocycles. The van der Waals surface area contributed by atoms with Crippen LogP contribution in [0, 0.1) is 6.92 Å². The lowest BCUT2D eigenvalue weighted by molar-refractivity contribution is -0.140. The van der Waals surface area contributed by atoms with E-state index in [0.29, 0.717) is 39.2 Å². The third-order valence-electron chi connectivity index (χ3n) is 6.21. The van der Waals surface area contributed by atoms with E-state index >= 15 is 0 Å². The molecule has 0 saturated carbocycles. The van der Waals surface area contributed by atoms with Crippen LogP contribution in [0.1, 0.15) is 31.4 Å². The highest BCUT2D eigenvalue weighted by atomic mass is 35.5. The number of anilines is 1. The molecule has 0 aliphatic heterocycles. The van der Waals surface area contributed by atoms with E-state index in [2.05, 4.69) is 5.32 Å². The van der Waals surface area contributed by atoms with Gasteiger partial charge in [0.1, 0.15) is 12.6 Å². The van der Waals surface area contributed by atoms with Gasteiger partial charge in [-0.1, -0.05) is 72.1 Å². The number of amides is 2. The number of nitrogens with one attached hydrogen (secondary N) is 1. The Hall–Kier alpha value is -2.78. The van der Waals surface area contributed by atoms with Gasteiger partial charge in [0.2, 0.25) is 11.8 Å². The zero-order valence-electron chi connectivity index (χ0n) is 21.8. The Kier molecular flexibility index (Phi) is 10.7. The highest BCUT2D eigenvalue weighted by Crippen LogP contribution is 2.31. The van der Waals surface area contributed by atoms with Gasteiger partial charge in [0.25, 0.3) is 10.0 Å². The van der Waals surface area contributed by atoms with Crippen LogP contribution in [-0.4, -0.2) is 44.3 Å². The predicted octanol–water partition coefficient (Wildman–Crippen LogP) is 6.09. The molecule has 0 fully saturated rings. The first-order valence-electron chi connectivity index (χ1n) is 12.3. The molecule has 0 aliphatic carbocycles. The van der Waals surface area contributed by atoms with E-state index in [9.17, 15) is 18.0 Å². The molecule has 0 heterocycles. The number of nitrogens with zero attached hydrogens (tertiary/aromatic N) is 2. The summed E-state index contributed by atoms with van der Waals surface area (Å²) in [5, 5.41) is 3.87. The summed E-state index contributed by atoms with van der Waals surface area (Å²) in [6, 6.07) is 16.7. The zero-order valence-corrected chi connectivity index (χ0v) is 24.9. The number of carbonyl (C=O) groups excluding carboxylic acids is 2. The molecule has 0 aliphatic rings. The van der Waals surface area contributed by atoms with Crippen LogP contribution in [0.3, 0.4) is 0 Å². The molecular weight excluding hydrogens is 581 g/mol. The van der Waals surface area contributed by atoms with Gasteiger partial charge >= 0.3 is 0 Å². The van der Waals surface area contributed by atoms with Gasteiger partial charge in [-0.15, -0.1) is 0 Å². The first-order valence-corrected chi connectivity index (χ1v) is 14.9. The first-order chi connectivity index (χ1) is 18.5. The Morgan fingerprint density at radius 1 is 0.923 bits per heavy atom. The Balaban J connectivity index is 2.11. The van der Waals surface area contributed by atoms with E-state index < -0.39 is 28.5 Å². The Labute approximate surface area is 244 Å². The van der Waals surface area contributed by atoms with Gasteiger partial charge in [-0.05, 0) is 67.8 Å². The summed E-state index contributed by atoms with van der Waals surface area (Å²) in [6.07, 6.45) is 0.296. The third kappa shape index (κ3) is 7.25. The molecular formula is C28H30Cl3N3O4S. The van der Waals surface area contributed by atoms with Gasteiger partial charge in [0.15, 0.2) is 0 Å². The average Bonchev–Trinajstić information content (AvgIpc) is 2.90. The monoisotopic (exact) mass is 609 g/mol. The Morgan fingerprint density at radius 2 is 1.62 bits per heavy atom. The maximum Gasteiger partial charge on any atom is 0.264 e. The second-order valence-corrected chi connectivity index (χ2v) is 11.9. The molecule has 11 heteroatoms. The Bertz CT molecular complexity index is 1440. The molecule has 3 rings (SSSR count). The summed E-state index contributed by atoms with van der Waals surface area (Å²) >= 11 is 18.8. The number of hydrogen-bond acceptors (Lipinski definition) is 4. The Morgan fingerprint density at radius 3 is 2.23 bits per heavy atom. The molecule has 208 valence electrons. The minimum absolute atomic E-state index is 0.0141. The van der Waals surface area contributed by atoms with E-state index in [1.807, 2.05) is 0 Å². The van der Waals surface area contributed by atoms with Crippen LogP contribution in [-0.2, 0) is 26.2 Å². The predicted molar refractivity (Wildman–Crippen MR) is 157 cm³/mol. The van der Waals surface area contributed by atoms with Crippen molar-refractivity contribution in [3.63, 3.8) is 0 Å². The highest BCUT2D eigenvalue weighted by molar-refractivity contribution is 7.92. The van der Waals surface area contributed by atoms with E-state index in [4.69, 9.17) is 34.8 Å². The second kappa shape index (κ2) is 13.5. The van der Waals surface area contributed by atoms with Crippen molar-refractivity contribution in [3.05, 3.63) is 92.9 Å². The van der Waals surface area contributed by atoms with Crippen LogP contribution in [0.15, 0.2) is 71.6 Å². The number of hydrogen-bond donors (Lipinski definition) is 1. The molecule has 0 unspecified atom stereocenters. The number of carbonyl (C=O) groups is 2. The van der Waals surface area contributed by atoms with Crippen molar-refractivity contribution in [3.8, 4) is 0 Å². The van der Waals surface area contributed by atoms with E-state index in [1.165, 1.54) is 17.0 Å². The molecule has 1 atom stereocenters. The second-order valence-electron chi connectivity index (χ2n) is 8.78. The SMILES string of the molecule is CCNC(=O)[C@H](CC)N(Cc1ccc(Cl)cc1Cl)C(=O)CN(c1cccc(Cl)c1C)S(=O)(=O)c1ccccc1. The summed E-state index contributed by atoms with van der Waals surface area (Å²) in [4.78, 5) is 28.4. The largest absolute Gasteiger partial charge is 0.355 e. The van der Waals surface area contributed by atoms with E-state index in [-0.39, 0.29) is 23.0 Å². The van der Waals surface area contributed by atoms with Gasteiger partial charge in [0.05, 0.1) is 10.6 Å². The summed E-state index contributed by atoms with van der Waals surface area (Å²) < 4.78 is 28.8. The van der Waals surface area contributed by atoms with Crippen molar-refractivity contribution in [2.75, 3.05) is 17.4 Å². The lowest BCUT2D eigenvalue weighted by Gasteiger charge is -2.33. The number of halogens is 3. The molecule has 0 saturated heterocycles. The fourth-order valence-electron chi connectivity index (χ4n) is 4.14. The molecule has 2 amide bonds. The van der Waals surface area contributed by atoms with Gasteiger partial charge in [-0.25, -0.2) is 8.42 Å². The third-order valence-corrected chi connectivity index (χ3v) is 8.98. The lowest BCUT2D eigenvalue weighted by Crippen LogP contribution is -2.52. The van der Waals surface area contributed by atoms with Crippen LogP contribution in [0.2, 0.25) is 15.1 Å². The van der Waals surface area contributed by atoms with Crippen molar-refractivity contribution in [2.24, 2.45) is 0 Å². The molecule has 0 radical (unpaired) electrons. The van der Waals surface area contributed by atoms with Gasteiger partial charge < -0.3 is 10.2 Å². The minimum atomic E-state index is -4.19. The lowest BCUT2D eigenvalue weighted by atomic mass is 10.1. The van der Waals surface area contributed by atoms with E-state index in [1.54, 1.807) is 75.4 Å². The summed E-state index contributed by atoms with van der Waals surface area (Å²) in [5.74, 6) is -0.937.